The van der Waals surface area contributed by atoms with Crippen molar-refractivity contribution in [3.63, 3.8) is 0 Å². The third-order valence-electron chi connectivity index (χ3n) is 5.48. The Kier molecular flexibility index (Phi) is 5.16. The van der Waals surface area contributed by atoms with Gasteiger partial charge in [-0.3, -0.25) is 19.9 Å². The second-order valence-corrected chi connectivity index (χ2v) is 8.82. The van der Waals surface area contributed by atoms with Crippen LogP contribution >= 0.6 is 11.3 Å². The van der Waals surface area contributed by atoms with Crippen LogP contribution in [0.1, 0.15) is 5.56 Å². The van der Waals surface area contributed by atoms with E-state index in [1.807, 2.05) is 36.4 Å². The molecule has 0 spiro atoms. The van der Waals surface area contributed by atoms with Crippen LogP contribution in [0.4, 0.5) is 5.69 Å². The number of fused-ring (bicyclic) bond motifs is 1. The molecule has 0 radical (unpaired) electrons. The number of aromatic nitrogens is 6. The van der Waals surface area contributed by atoms with Gasteiger partial charge >= 0.3 is 0 Å². The van der Waals surface area contributed by atoms with Crippen LogP contribution in [0.2, 0.25) is 0 Å². The van der Waals surface area contributed by atoms with E-state index in [9.17, 15) is 14.9 Å². The number of nitro benzene ring substituents is 1. The van der Waals surface area contributed by atoms with Crippen molar-refractivity contribution in [1.29, 1.82) is 0 Å². The van der Waals surface area contributed by atoms with Crippen molar-refractivity contribution in [2.75, 3.05) is 0 Å². The zero-order chi connectivity index (χ0) is 24.6. The lowest BCUT2D eigenvalue weighted by atomic mass is 10.1. The predicted octanol–water partition coefficient (Wildman–Crippen LogP) is 3.52. The third-order valence-corrected chi connectivity index (χ3v) is 6.44. The third kappa shape index (κ3) is 3.83. The number of nitrogens with zero attached hydrogens (tertiary/aromatic N) is 7. The number of nitro groups is 1. The topological polar surface area (TPSA) is 121 Å². The van der Waals surface area contributed by atoms with Gasteiger partial charge in [0.15, 0.2) is 5.82 Å². The molecule has 6 rings (SSSR count). The van der Waals surface area contributed by atoms with Gasteiger partial charge in [-0.2, -0.15) is 14.6 Å². The first-order valence-electron chi connectivity index (χ1n) is 10.8. The molecule has 0 saturated carbocycles. The van der Waals surface area contributed by atoms with E-state index in [2.05, 4.69) is 15.1 Å². The molecule has 6 aromatic rings. The van der Waals surface area contributed by atoms with Crippen molar-refractivity contribution in [2.24, 2.45) is 0 Å². The lowest BCUT2D eigenvalue weighted by molar-refractivity contribution is -0.384. The van der Waals surface area contributed by atoms with E-state index in [1.165, 1.54) is 28.0 Å². The first-order valence-corrected chi connectivity index (χ1v) is 11.6. The Hall–Kier alpha value is -5.03. The van der Waals surface area contributed by atoms with Crippen LogP contribution in [0, 0.1) is 10.1 Å². The van der Waals surface area contributed by atoms with Crippen molar-refractivity contribution in [1.82, 2.24) is 29.4 Å². The first-order chi connectivity index (χ1) is 17.6. The summed E-state index contributed by atoms with van der Waals surface area (Å²) in [7, 11) is 0. The van der Waals surface area contributed by atoms with Gasteiger partial charge in [0.2, 0.25) is 4.96 Å². The van der Waals surface area contributed by atoms with Crippen molar-refractivity contribution < 1.29 is 4.92 Å². The smallest absolute Gasteiger partial charge is 0.266 e. The fourth-order valence-electron chi connectivity index (χ4n) is 3.79. The largest absolute Gasteiger partial charge is 0.291 e. The summed E-state index contributed by atoms with van der Waals surface area (Å²) >= 11 is 1.21. The molecule has 4 heterocycles. The molecule has 0 aliphatic heterocycles. The monoisotopic (exact) mass is 493 g/mol. The molecule has 0 N–H and O–H groups in total. The van der Waals surface area contributed by atoms with Crippen LogP contribution in [-0.2, 0) is 0 Å². The van der Waals surface area contributed by atoms with Crippen molar-refractivity contribution >= 4 is 28.1 Å². The lowest BCUT2D eigenvalue weighted by Gasteiger charge is -2.00. The van der Waals surface area contributed by atoms with Crippen LogP contribution in [0.25, 0.3) is 39.4 Å². The molecule has 0 amide bonds. The number of thiazole rings is 1. The highest BCUT2D eigenvalue weighted by Gasteiger charge is 2.16. The van der Waals surface area contributed by atoms with Gasteiger partial charge < -0.3 is 0 Å². The molecule has 2 aromatic carbocycles. The summed E-state index contributed by atoms with van der Waals surface area (Å²) in [6.45, 7) is 0. The minimum absolute atomic E-state index is 0.0426. The average molecular weight is 494 g/mol. The molecule has 0 unspecified atom stereocenters. The van der Waals surface area contributed by atoms with E-state index in [-0.39, 0.29) is 11.2 Å². The van der Waals surface area contributed by atoms with Crippen molar-refractivity contribution in [3.05, 3.63) is 116 Å². The summed E-state index contributed by atoms with van der Waals surface area (Å²) in [6, 6.07) is 19.4. The average Bonchev–Trinajstić information content (AvgIpc) is 3.60. The lowest BCUT2D eigenvalue weighted by Crippen LogP contribution is -2.23. The number of para-hydroxylation sites is 1. The van der Waals surface area contributed by atoms with Gasteiger partial charge in [0.05, 0.1) is 15.1 Å². The number of benzene rings is 2. The van der Waals surface area contributed by atoms with Crippen LogP contribution in [0.3, 0.4) is 0 Å². The highest BCUT2D eigenvalue weighted by molar-refractivity contribution is 7.15. The Balaban J connectivity index is 1.51. The van der Waals surface area contributed by atoms with Crippen molar-refractivity contribution in [3.8, 4) is 28.3 Å². The van der Waals surface area contributed by atoms with Gasteiger partial charge in [0.1, 0.15) is 5.69 Å². The highest BCUT2D eigenvalue weighted by Crippen LogP contribution is 2.27. The summed E-state index contributed by atoms with van der Waals surface area (Å²) in [5, 5.41) is 20.4. The van der Waals surface area contributed by atoms with Crippen LogP contribution in [0.15, 0.2) is 90.1 Å². The van der Waals surface area contributed by atoms with Gasteiger partial charge in [-0.15, -0.1) is 5.10 Å². The number of non-ortho nitro benzene ring substituents is 1. The van der Waals surface area contributed by atoms with Crippen LogP contribution in [-0.4, -0.2) is 34.3 Å². The minimum atomic E-state index is -0.448. The maximum Gasteiger partial charge on any atom is 0.291 e. The molecule has 0 saturated heterocycles. The summed E-state index contributed by atoms with van der Waals surface area (Å²) < 4.78 is 3.37. The Morgan fingerprint density at radius 2 is 1.81 bits per heavy atom. The van der Waals surface area contributed by atoms with E-state index in [4.69, 9.17) is 5.10 Å². The molecular weight excluding hydrogens is 478 g/mol. The summed E-state index contributed by atoms with van der Waals surface area (Å²) in [5.74, 6) is 0.423. The van der Waals surface area contributed by atoms with Crippen molar-refractivity contribution in [2.45, 2.75) is 0 Å². The Morgan fingerprint density at radius 1 is 0.972 bits per heavy atom. The normalized spacial score (nSPS) is 11.8. The van der Waals surface area contributed by atoms with Crippen LogP contribution in [0.5, 0.6) is 0 Å². The summed E-state index contributed by atoms with van der Waals surface area (Å²) in [4.78, 5) is 33.1. The first kappa shape index (κ1) is 21.5. The van der Waals surface area contributed by atoms with Gasteiger partial charge in [-0.1, -0.05) is 41.7 Å². The molecular formula is C25H15N7O3S. The maximum atomic E-state index is 13.2. The number of hydrogen-bond acceptors (Lipinski definition) is 8. The van der Waals surface area contributed by atoms with Gasteiger partial charge in [0, 0.05) is 47.4 Å². The fourth-order valence-corrected chi connectivity index (χ4v) is 4.69. The minimum Gasteiger partial charge on any atom is -0.266 e. The highest BCUT2D eigenvalue weighted by atomic mass is 32.1. The van der Waals surface area contributed by atoms with Crippen LogP contribution < -0.4 is 10.1 Å². The Labute approximate surface area is 206 Å². The van der Waals surface area contributed by atoms with E-state index in [0.717, 1.165) is 11.3 Å². The molecule has 4 aromatic heterocycles. The SMILES string of the molecule is O=c1/c(=C/c2cn(-c3ccccc3)nc2-c2cccc([N+](=O)[O-])c2)sc2nc(-c3cccnc3)nn12. The van der Waals surface area contributed by atoms with Gasteiger partial charge in [0.25, 0.3) is 11.2 Å². The standard InChI is InChI=1S/C25H15N7O3S/c33-24-21(36-25-27-23(29-31(24)25)17-7-5-11-26-14-17)13-18-15-30(19-8-2-1-3-9-19)28-22(18)16-6-4-10-20(12-16)32(34)35/h1-15H/b21-13-. The van der Waals surface area contributed by atoms with Gasteiger partial charge in [-0.05, 0) is 30.3 Å². The molecule has 174 valence electrons. The molecule has 10 nitrogen and oxygen atoms in total. The number of pyridine rings is 1. The fraction of sp³-hybridized carbons (Fsp3) is 0. The Bertz CT molecular complexity index is 1840. The van der Waals surface area contributed by atoms with Gasteiger partial charge in [-0.25, -0.2) is 4.68 Å². The molecule has 0 aliphatic carbocycles. The predicted molar refractivity (Wildman–Crippen MR) is 135 cm³/mol. The molecule has 0 fully saturated rings. The molecule has 0 atom stereocenters. The number of rotatable bonds is 5. The second kappa shape index (κ2) is 8.64. The molecule has 36 heavy (non-hydrogen) atoms. The van der Waals surface area contributed by atoms with E-state index in [0.29, 0.717) is 32.1 Å². The summed E-state index contributed by atoms with van der Waals surface area (Å²) in [6.07, 6.45) is 6.80. The zero-order valence-electron chi connectivity index (χ0n) is 18.4. The number of hydrogen-bond donors (Lipinski definition) is 0. The molecule has 11 heteroatoms. The Morgan fingerprint density at radius 3 is 2.56 bits per heavy atom. The molecule has 0 bridgehead atoms. The summed E-state index contributed by atoms with van der Waals surface area (Å²) in [5.41, 5.74) is 2.89. The second-order valence-electron chi connectivity index (χ2n) is 7.81. The van der Waals surface area contributed by atoms with E-state index >= 15 is 0 Å². The van der Waals surface area contributed by atoms with E-state index in [1.54, 1.807) is 47.5 Å². The zero-order valence-corrected chi connectivity index (χ0v) is 19.2. The van der Waals surface area contributed by atoms with E-state index < -0.39 is 4.92 Å². The quantitative estimate of drug-likeness (QED) is 0.266. The maximum absolute atomic E-state index is 13.2. The molecule has 0 aliphatic rings.